The molecule has 2 aromatic rings. The molecule has 3 heteroatoms. The highest BCUT2D eigenvalue weighted by atomic mass is 16.5. The average molecular weight is 231 g/mol. The van der Waals surface area contributed by atoms with Crippen molar-refractivity contribution in [2.45, 2.75) is 13.0 Å². The SMILES string of the molecule is COc1cc(CCn2cccc2)cc(OC)c1. The van der Waals surface area contributed by atoms with Crippen LogP contribution in [-0.2, 0) is 13.0 Å². The zero-order valence-electron chi connectivity index (χ0n) is 10.2. The maximum atomic E-state index is 5.25. The van der Waals surface area contributed by atoms with Gasteiger partial charge in [0.2, 0.25) is 0 Å². The summed E-state index contributed by atoms with van der Waals surface area (Å²) < 4.78 is 12.7. The molecule has 0 aliphatic carbocycles. The minimum atomic E-state index is 0.840. The molecule has 3 nitrogen and oxygen atoms in total. The number of methoxy groups -OCH3 is 2. The van der Waals surface area contributed by atoms with E-state index in [0.29, 0.717) is 0 Å². The zero-order chi connectivity index (χ0) is 12.1. The highest BCUT2D eigenvalue weighted by molar-refractivity contribution is 5.38. The van der Waals surface area contributed by atoms with Crippen LogP contribution in [0.3, 0.4) is 0 Å². The quantitative estimate of drug-likeness (QED) is 0.790. The molecule has 0 aliphatic heterocycles. The number of benzene rings is 1. The van der Waals surface area contributed by atoms with Gasteiger partial charge in [0.05, 0.1) is 14.2 Å². The fourth-order valence-corrected chi connectivity index (χ4v) is 1.79. The van der Waals surface area contributed by atoms with E-state index in [1.165, 1.54) is 5.56 Å². The molecule has 0 amide bonds. The van der Waals surface area contributed by atoms with E-state index >= 15 is 0 Å². The lowest BCUT2D eigenvalue weighted by molar-refractivity contribution is 0.393. The van der Waals surface area contributed by atoms with Crippen molar-refractivity contribution in [1.82, 2.24) is 4.57 Å². The van der Waals surface area contributed by atoms with E-state index in [1.807, 2.05) is 30.3 Å². The first-order chi connectivity index (χ1) is 8.31. The predicted octanol–water partition coefficient (Wildman–Crippen LogP) is 2.75. The van der Waals surface area contributed by atoms with Gasteiger partial charge in [-0.05, 0) is 36.2 Å². The van der Waals surface area contributed by atoms with E-state index in [1.54, 1.807) is 14.2 Å². The fourth-order valence-electron chi connectivity index (χ4n) is 1.79. The molecule has 0 aliphatic rings. The number of hydrogen-bond acceptors (Lipinski definition) is 2. The lowest BCUT2D eigenvalue weighted by Gasteiger charge is -2.09. The molecular formula is C14H17NO2. The normalized spacial score (nSPS) is 10.2. The van der Waals surface area contributed by atoms with Crippen LogP contribution in [0.15, 0.2) is 42.7 Å². The largest absolute Gasteiger partial charge is 0.497 e. The first kappa shape index (κ1) is 11.6. The van der Waals surface area contributed by atoms with Gasteiger partial charge in [-0.25, -0.2) is 0 Å². The van der Waals surface area contributed by atoms with Crippen LogP contribution in [0.2, 0.25) is 0 Å². The Bertz CT molecular complexity index is 441. The zero-order valence-corrected chi connectivity index (χ0v) is 10.2. The van der Waals surface area contributed by atoms with E-state index in [0.717, 1.165) is 24.5 Å². The second kappa shape index (κ2) is 5.43. The molecule has 2 rings (SSSR count). The molecule has 1 aromatic heterocycles. The van der Waals surface area contributed by atoms with Crippen molar-refractivity contribution in [3.8, 4) is 11.5 Å². The van der Waals surface area contributed by atoms with Crippen LogP contribution in [0.5, 0.6) is 11.5 Å². The number of rotatable bonds is 5. The average Bonchev–Trinajstić information content (AvgIpc) is 2.89. The van der Waals surface area contributed by atoms with Crippen LogP contribution in [0, 0.1) is 0 Å². The molecule has 0 unspecified atom stereocenters. The molecule has 0 saturated carbocycles. The summed E-state index contributed by atoms with van der Waals surface area (Å²) in [5, 5.41) is 0. The number of aryl methyl sites for hydroxylation is 2. The Labute approximate surface area is 102 Å². The summed E-state index contributed by atoms with van der Waals surface area (Å²) in [4.78, 5) is 0. The van der Waals surface area contributed by atoms with Gasteiger partial charge in [-0.2, -0.15) is 0 Å². The molecule has 0 bridgehead atoms. The maximum absolute atomic E-state index is 5.25. The maximum Gasteiger partial charge on any atom is 0.122 e. The molecule has 0 saturated heterocycles. The van der Waals surface area contributed by atoms with Crippen LogP contribution < -0.4 is 9.47 Å². The third kappa shape index (κ3) is 3.03. The van der Waals surface area contributed by atoms with E-state index in [2.05, 4.69) is 17.0 Å². The number of nitrogens with zero attached hydrogens (tertiary/aromatic N) is 1. The van der Waals surface area contributed by atoms with Crippen molar-refractivity contribution in [3.05, 3.63) is 48.3 Å². The van der Waals surface area contributed by atoms with Crippen molar-refractivity contribution in [3.63, 3.8) is 0 Å². The van der Waals surface area contributed by atoms with Gasteiger partial charge in [-0.1, -0.05) is 0 Å². The number of hydrogen-bond donors (Lipinski definition) is 0. The number of aromatic nitrogens is 1. The molecule has 0 radical (unpaired) electrons. The van der Waals surface area contributed by atoms with Gasteiger partial charge in [0.15, 0.2) is 0 Å². The topological polar surface area (TPSA) is 23.4 Å². The monoisotopic (exact) mass is 231 g/mol. The molecule has 17 heavy (non-hydrogen) atoms. The summed E-state index contributed by atoms with van der Waals surface area (Å²) in [5.74, 6) is 1.68. The van der Waals surface area contributed by atoms with Crippen molar-refractivity contribution in [1.29, 1.82) is 0 Å². The van der Waals surface area contributed by atoms with Crippen molar-refractivity contribution in [2.24, 2.45) is 0 Å². The van der Waals surface area contributed by atoms with Gasteiger partial charge in [-0.15, -0.1) is 0 Å². The Balaban J connectivity index is 2.09. The first-order valence-corrected chi connectivity index (χ1v) is 5.64. The van der Waals surface area contributed by atoms with Gasteiger partial charge < -0.3 is 14.0 Å². The van der Waals surface area contributed by atoms with Crippen molar-refractivity contribution >= 4 is 0 Å². The van der Waals surface area contributed by atoms with Crippen LogP contribution in [0.4, 0.5) is 0 Å². The van der Waals surface area contributed by atoms with Crippen LogP contribution in [0.1, 0.15) is 5.56 Å². The van der Waals surface area contributed by atoms with E-state index in [9.17, 15) is 0 Å². The first-order valence-electron chi connectivity index (χ1n) is 5.64. The Morgan fingerprint density at radius 1 is 0.941 bits per heavy atom. The number of ether oxygens (including phenoxy) is 2. The van der Waals surface area contributed by atoms with Crippen molar-refractivity contribution < 1.29 is 9.47 Å². The Morgan fingerprint density at radius 3 is 2.06 bits per heavy atom. The summed E-state index contributed by atoms with van der Waals surface area (Å²) in [5.41, 5.74) is 1.22. The molecule has 1 aromatic carbocycles. The molecule has 0 atom stereocenters. The summed E-state index contributed by atoms with van der Waals surface area (Å²) in [6.07, 6.45) is 5.09. The van der Waals surface area contributed by atoms with E-state index < -0.39 is 0 Å². The van der Waals surface area contributed by atoms with Crippen LogP contribution in [-0.4, -0.2) is 18.8 Å². The van der Waals surface area contributed by atoms with E-state index in [-0.39, 0.29) is 0 Å². The molecule has 0 N–H and O–H groups in total. The van der Waals surface area contributed by atoms with Gasteiger partial charge >= 0.3 is 0 Å². The predicted molar refractivity (Wildman–Crippen MR) is 67.7 cm³/mol. The second-order valence-electron chi connectivity index (χ2n) is 3.89. The summed E-state index contributed by atoms with van der Waals surface area (Å²) >= 11 is 0. The summed E-state index contributed by atoms with van der Waals surface area (Å²) in [7, 11) is 3.34. The molecule has 1 heterocycles. The summed E-state index contributed by atoms with van der Waals surface area (Å²) in [6.45, 7) is 0.962. The lowest BCUT2D eigenvalue weighted by Crippen LogP contribution is -1.99. The molecule has 90 valence electrons. The molecule has 0 fully saturated rings. The van der Waals surface area contributed by atoms with Gasteiger partial charge in [0.25, 0.3) is 0 Å². The Hall–Kier alpha value is -1.90. The fraction of sp³-hybridized carbons (Fsp3) is 0.286. The Morgan fingerprint density at radius 2 is 1.53 bits per heavy atom. The Kier molecular flexibility index (Phi) is 3.70. The highest BCUT2D eigenvalue weighted by Gasteiger charge is 2.02. The van der Waals surface area contributed by atoms with Crippen LogP contribution >= 0.6 is 0 Å². The third-order valence-corrected chi connectivity index (χ3v) is 2.74. The summed E-state index contributed by atoms with van der Waals surface area (Å²) in [6, 6.07) is 10.1. The smallest absolute Gasteiger partial charge is 0.122 e. The lowest BCUT2D eigenvalue weighted by atomic mass is 10.1. The standard InChI is InChI=1S/C14H17NO2/c1-16-13-9-12(10-14(11-13)17-2)5-8-15-6-3-4-7-15/h3-4,6-7,9-11H,5,8H2,1-2H3. The highest BCUT2D eigenvalue weighted by Crippen LogP contribution is 2.22. The van der Waals surface area contributed by atoms with Gasteiger partial charge in [-0.3, -0.25) is 0 Å². The molecular weight excluding hydrogens is 214 g/mol. The third-order valence-electron chi connectivity index (χ3n) is 2.74. The van der Waals surface area contributed by atoms with Gasteiger partial charge in [0.1, 0.15) is 11.5 Å². The van der Waals surface area contributed by atoms with E-state index in [4.69, 9.17) is 9.47 Å². The molecule has 0 spiro atoms. The minimum absolute atomic E-state index is 0.840. The second-order valence-corrected chi connectivity index (χ2v) is 3.89. The van der Waals surface area contributed by atoms with Gasteiger partial charge in [0, 0.05) is 25.0 Å². The van der Waals surface area contributed by atoms with Crippen molar-refractivity contribution in [2.75, 3.05) is 14.2 Å². The minimum Gasteiger partial charge on any atom is -0.497 e. The van der Waals surface area contributed by atoms with Crippen LogP contribution in [0.25, 0.3) is 0 Å².